The second kappa shape index (κ2) is 5.50. The van der Waals surface area contributed by atoms with Crippen LogP contribution in [-0.4, -0.2) is 9.36 Å². The number of benzene rings is 2. The lowest BCUT2D eigenvalue weighted by molar-refractivity contribution is 1.31. The van der Waals surface area contributed by atoms with E-state index < -0.39 is 0 Å². The molecule has 3 rings (SSSR count). The van der Waals surface area contributed by atoms with Gasteiger partial charge in [0.2, 0.25) is 5.13 Å². The van der Waals surface area contributed by atoms with Gasteiger partial charge < -0.3 is 5.32 Å². The molecule has 0 saturated carbocycles. The van der Waals surface area contributed by atoms with Crippen LogP contribution < -0.4 is 5.32 Å². The molecule has 0 radical (unpaired) electrons. The lowest BCUT2D eigenvalue weighted by atomic mass is 10.2. The van der Waals surface area contributed by atoms with E-state index in [4.69, 9.17) is 0 Å². The summed E-state index contributed by atoms with van der Waals surface area (Å²) in [5.74, 6) is 0.750. The van der Waals surface area contributed by atoms with Crippen molar-refractivity contribution in [3.05, 3.63) is 59.1 Å². The number of hydrogen-bond acceptors (Lipinski definition) is 4. The van der Waals surface area contributed by atoms with E-state index in [9.17, 15) is 0 Å². The van der Waals surface area contributed by atoms with Gasteiger partial charge >= 0.3 is 0 Å². The summed E-state index contributed by atoms with van der Waals surface area (Å²) in [4.78, 5) is 4.49. The summed E-state index contributed by atoms with van der Waals surface area (Å²) in [6, 6.07) is 17.9. The third-order valence-electron chi connectivity index (χ3n) is 2.57. The monoisotopic (exact) mass is 331 g/mol. The van der Waals surface area contributed by atoms with Gasteiger partial charge in [-0.15, -0.1) is 0 Å². The number of hydrogen-bond donors (Lipinski definition) is 1. The van der Waals surface area contributed by atoms with Crippen molar-refractivity contribution in [1.82, 2.24) is 9.36 Å². The summed E-state index contributed by atoms with van der Waals surface area (Å²) < 4.78 is 5.37. The highest BCUT2D eigenvalue weighted by atomic mass is 79.9. The molecule has 0 bridgehead atoms. The lowest BCUT2D eigenvalue weighted by Gasteiger charge is -2.03. The van der Waals surface area contributed by atoms with Crippen molar-refractivity contribution in [2.24, 2.45) is 0 Å². The molecule has 0 atom stereocenters. The zero-order valence-corrected chi connectivity index (χ0v) is 12.3. The second-order valence-electron chi connectivity index (χ2n) is 3.89. The maximum atomic E-state index is 4.49. The van der Waals surface area contributed by atoms with Crippen molar-refractivity contribution in [2.45, 2.75) is 0 Å². The molecule has 0 aliphatic heterocycles. The van der Waals surface area contributed by atoms with E-state index in [0.717, 1.165) is 26.7 Å². The highest BCUT2D eigenvalue weighted by Gasteiger charge is 2.07. The summed E-state index contributed by atoms with van der Waals surface area (Å²) in [6.45, 7) is 0. The molecule has 0 saturated heterocycles. The molecule has 94 valence electrons. The van der Waals surface area contributed by atoms with Crippen LogP contribution in [0.15, 0.2) is 59.1 Å². The van der Waals surface area contributed by atoms with Crippen LogP contribution in [0.25, 0.3) is 11.4 Å². The van der Waals surface area contributed by atoms with E-state index in [1.807, 2.05) is 54.6 Å². The first-order chi connectivity index (χ1) is 9.33. The van der Waals surface area contributed by atoms with Crippen LogP contribution in [-0.2, 0) is 0 Å². The van der Waals surface area contributed by atoms with Crippen molar-refractivity contribution in [3.8, 4) is 11.4 Å². The molecule has 0 aliphatic rings. The molecule has 1 heterocycles. The Morgan fingerprint density at radius 2 is 1.68 bits per heavy atom. The van der Waals surface area contributed by atoms with Gasteiger partial charge in [0.1, 0.15) is 0 Å². The van der Waals surface area contributed by atoms with Gasteiger partial charge in [0.15, 0.2) is 5.82 Å². The number of nitrogens with zero attached hydrogens (tertiary/aromatic N) is 2. The van der Waals surface area contributed by atoms with Crippen molar-refractivity contribution < 1.29 is 0 Å². The SMILES string of the molecule is Brc1ccccc1Nc1nc(-c2ccccc2)ns1. The van der Waals surface area contributed by atoms with Gasteiger partial charge in [0, 0.05) is 21.6 Å². The number of anilines is 2. The molecule has 0 amide bonds. The minimum atomic E-state index is 0.750. The maximum absolute atomic E-state index is 4.49. The van der Waals surface area contributed by atoms with Gasteiger partial charge in [0.25, 0.3) is 0 Å². The average molecular weight is 332 g/mol. The Morgan fingerprint density at radius 3 is 2.47 bits per heavy atom. The molecule has 3 aromatic rings. The van der Waals surface area contributed by atoms with Crippen molar-refractivity contribution >= 4 is 38.3 Å². The fourth-order valence-electron chi connectivity index (χ4n) is 1.66. The molecule has 0 spiro atoms. The first-order valence-corrected chi connectivity index (χ1v) is 7.30. The molecule has 0 unspecified atom stereocenters. The highest BCUT2D eigenvalue weighted by Crippen LogP contribution is 2.27. The molecule has 2 aromatic carbocycles. The van der Waals surface area contributed by atoms with Crippen LogP contribution in [0, 0.1) is 0 Å². The van der Waals surface area contributed by atoms with E-state index in [0.29, 0.717) is 0 Å². The molecular formula is C14H10BrN3S. The molecule has 5 heteroatoms. The molecule has 3 nitrogen and oxygen atoms in total. The summed E-state index contributed by atoms with van der Waals surface area (Å²) in [6.07, 6.45) is 0. The minimum absolute atomic E-state index is 0.750. The predicted molar refractivity (Wildman–Crippen MR) is 82.8 cm³/mol. The molecule has 19 heavy (non-hydrogen) atoms. The van der Waals surface area contributed by atoms with E-state index in [-0.39, 0.29) is 0 Å². The molecule has 1 N–H and O–H groups in total. The molecule has 0 fully saturated rings. The van der Waals surface area contributed by atoms with Gasteiger partial charge in [0.05, 0.1) is 5.69 Å². The van der Waals surface area contributed by atoms with Crippen LogP contribution in [0.4, 0.5) is 10.8 Å². The third kappa shape index (κ3) is 2.83. The molecular weight excluding hydrogens is 322 g/mol. The first kappa shape index (κ1) is 12.3. The summed E-state index contributed by atoms with van der Waals surface area (Å²) in [5.41, 5.74) is 2.01. The highest BCUT2D eigenvalue weighted by molar-refractivity contribution is 9.10. The predicted octanol–water partition coefficient (Wildman–Crippen LogP) is 4.71. The normalized spacial score (nSPS) is 10.4. The Morgan fingerprint density at radius 1 is 0.947 bits per heavy atom. The van der Waals surface area contributed by atoms with E-state index in [1.54, 1.807) is 0 Å². The van der Waals surface area contributed by atoms with Gasteiger partial charge in [-0.05, 0) is 28.1 Å². The third-order valence-corrected chi connectivity index (χ3v) is 3.90. The maximum Gasteiger partial charge on any atom is 0.207 e. The zero-order chi connectivity index (χ0) is 13.1. The molecule has 1 aromatic heterocycles. The van der Waals surface area contributed by atoms with E-state index >= 15 is 0 Å². The van der Waals surface area contributed by atoms with Gasteiger partial charge in [-0.1, -0.05) is 42.5 Å². The quantitative estimate of drug-likeness (QED) is 0.755. The Hall–Kier alpha value is -1.72. The Bertz CT molecular complexity index is 682. The Balaban J connectivity index is 1.85. The van der Waals surface area contributed by atoms with Crippen molar-refractivity contribution in [2.75, 3.05) is 5.32 Å². The van der Waals surface area contributed by atoms with Crippen LogP contribution in [0.3, 0.4) is 0 Å². The number of para-hydroxylation sites is 1. The van der Waals surface area contributed by atoms with Crippen LogP contribution >= 0.6 is 27.5 Å². The minimum Gasteiger partial charge on any atom is -0.329 e. The van der Waals surface area contributed by atoms with Gasteiger partial charge in [-0.2, -0.15) is 9.36 Å². The first-order valence-electron chi connectivity index (χ1n) is 5.73. The Kier molecular flexibility index (Phi) is 3.57. The standard InChI is InChI=1S/C14H10BrN3S/c15-11-8-4-5-9-12(11)16-14-17-13(18-19-14)10-6-2-1-3-7-10/h1-9H,(H,16,17,18). The summed E-state index contributed by atoms with van der Waals surface area (Å²) >= 11 is 4.85. The number of halogens is 1. The van der Waals surface area contributed by atoms with E-state index in [1.165, 1.54) is 11.5 Å². The zero-order valence-electron chi connectivity index (χ0n) is 9.88. The van der Waals surface area contributed by atoms with E-state index in [2.05, 4.69) is 30.6 Å². The van der Waals surface area contributed by atoms with Crippen LogP contribution in [0.2, 0.25) is 0 Å². The number of nitrogens with one attached hydrogen (secondary N) is 1. The number of aromatic nitrogens is 2. The number of rotatable bonds is 3. The Labute approximate surface area is 123 Å². The smallest absolute Gasteiger partial charge is 0.207 e. The fourth-order valence-corrected chi connectivity index (χ4v) is 2.64. The van der Waals surface area contributed by atoms with Crippen molar-refractivity contribution in [1.29, 1.82) is 0 Å². The summed E-state index contributed by atoms with van der Waals surface area (Å²) in [5, 5.41) is 4.04. The van der Waals surface area contributed by atoms with Gasteiger partial charge in [-0.3, -0.25) is 0 Å². The van der Waals surface area contributed by atoms with Gasteiger partial charge in [-0.25, -0.2) is 0 Å². The topological polar surface area (TPSA) is 37.8 Å². The molecule has 0 aliphatic carbocycles. The van der Waals surface area contributed by atoms with Crippen LogP contribution in [0.5, 0.6) is 0 Å². The largest absolute Gasteiger partial charge is 0.329 e. The second-order valence-corrected chi connectivity index (χ2v) is 5.50. The van der Waals surface area contributed by atoms with Crippen LogP contribution in [0.1, 0.15) is 0 Å². The van der Waals surface area contributed by atoms with Crippen molar-refractivity contribution in [3.63, 3.8) is 0 Å². The lowest BCUT2D eigenvalue weighted by Crippen LogP contribution is -1.90. The average Bonchev–Trinajstić information content (AvgIpc) is 2.91. The summed E-state index contributed by atoms with van der Waals surface area (Å²) in [7, 11) is 0. The fraction of sp³-hybridized carbons (Fsp3) is 0.